The van der Waals surface area contributed by atoms with Crippen molar-refractivity contribution in [1.82, 2.24) is 4.98 Å². The van der Waals surface area contributed by atoms with Gasteiger partial charge in [0, 0.05) is 17.1 Å². The third-order valence-electron chi connectivity index (χ3n) is 4.08. The number of hydrogen-bond donors (Lipinski definition) is 0. The number of carbonyl (C=O) groups is 1. The second-order valence-corrected chi connectivity index (χ2v) is 8.60. The highest BCUT2D eigenvalue weighted by atomic mass is 32.2. The van der Waals surface area contributed by atoms with Gasteiger partial charge in [-0.15, -0.1) is 11.3 Å². The summed E-state index contributed by atoms with van der Waals surface area (Å²) in [7, 11) is -3.88. The first-order valence-corrected chi connectivity index (χ1v) is 10.3. The minimum absolute atomic E-state index is 0.128. The van der Waals surface area contributed by atoms with Crippen LogP contribution in [0.3, 0.4) is 0 Å². The largest absolute Gasteiger partial charge is 0.292 e. The van der Waals surface area contributed by atoms with Crippen molar-refractivity contribution in [2.75, 3.05) is 10.8 Å². The van der Waals surface area contributed by atoms with Crippen LogP contribution in [0, 0.1) is 13.8 Å². The van der Waals surface area contributed by atoms with E-state index in [1.165, 1.54) is 29.7 Å². The minimum atomic E-state index is -3.88. The maximum Gasteiger partial charge on any atom is 0.266 e. The average Bonchev–Trinajstić information content (AvgIpc) is 3.16. The highest BCUT2D eigenvalue weighted by molar-refractivity contribution is 7.93. The van der Waals surface area contributed by atoms with Crippen LogP contribution in [-0.2, 0) is 10.0 Å². The van der Waals surface area contributed by atoms with E-state index in [2.05, 4.69) is 4.98 Å². The molecule has 134 valence electrons. The smallest absolute Gasteiger partial charge is 0.266 e. The number of hydrogen-bond acceptors (Lipinski definition) is 5. The van der Waals surface area contributed by atoms with E-state index in [1.54, 1.807) is 35.7 Å². The summed E-state index contributed by atoms with van der Waals surface area (Å²) in [5.74, 6) is -0.275. The van der Waals surface area contributed by atoms with Crippen molar-refractivity contribution >= 4 is 32.3 Å². The molecule has 3 rings (SSSR count). The number of Topliss-reactive ketones (excluding diaryl/α,β-unsaturated/α-hetero) is 1. The molecule has 0 aliphatic carbocycles. The van der Waals surface area contributed by atoms with Gasteiger partial charge < -0.3 is 0 Å². The van der Waals surface area contributed by atoms with Crippen molar-refractivity contribution in [2.45, 2.75) is 18.7 Å². The molecule has 1 heterocycles. The molecule has 0 saturated carbocycles. The third-order valence-corrected chi connectivity index (χ3v) is 6.74. The Morgan fingerprint density at radius 3 is 2.42 bits per heavy atom. The molecule has 0 saturated heterocycles. The van der Waals surface area contributed by atoms with Crippen molar-refractivity contribution in [3.63, 3.8) is 0 Å². The predicted octanol–water partition coefficient (Wildman–Crippen LogP) is 3.84. The standard InChI is InChI=1S/C19H18N2O3S2/c1-14-8-9-16(12-15(14)2)18(22)13-21(19-20-10-11-25-19)26(23,24)17-6-4-3-5-7-17/h3-12H,13H2,1-2H3. The van der Waals surface area contributed by atoms with Crippen LogP contribution >= 0.6 is 11.3 Å². The van der Waals surface area contributed by atoms with E-state index in [-0.39, 0.29) is 22.4 Å². The van der Waals surface area contributed by atoms with Crippen molar-refractivity contribution < 1.29 is 13.2 Å². The zero-order valence-electron chi connectivity index (χ0n) is 14.4. The van der Waals surface area contributed by atoms with Crippen LogP contribution < -0.4 is 4.31 Å². The Balaban J connectivity index is 1.98. The molecule has 0 unspecified atom stereocenters. The van der Waals surface area contributed by atoms with Gasteiger partial charge in [-0.2, -0.15) is 0 Å². The Hall–Kier alpha value is -2.51. The Kier molecular flexibility index (Phi) is 5.20. The van der Waals surface area contributed by atoms with Gasteiger partial charge in [0.2, 0.25) is 0 Å². The molecule has 0 atom stereocenters. The Labute approximate surface area is 157 Å². The Bertz CT molecular complexity index is 1010. The van der Waals surface area contributed by atoms with E-state index >= 15 is 0 Å². The molecule has 0 bridgehead atoms. The summed E-state index contributed by atoms with van der Waals surface area (Å²) < 4.78 is 27.2. The van der Waals surface area contributed by atoms with E-state index in [1.807, 2.05) is 19.9 Å². The number of ketones is 1. The second kappa shape index (κ2) is 7.39. The molecule has 7 heteroatoms. The van der Waals surface area contributed by atoms with Crippen LogP contribution in [0.4, 0.5) is 5.13 Å². The van der Waals surface area contributed by atoms with E-state index in [4.69, 9.17) is 0 Å². The fraction of sp³-hybridized carbons (Fsp3) is 0.158. The van der Waals surface area contributed by atoms with Gasteiger partial charge in [0.25, 0.3) is 10.0 Å². The van der Waals surface area contributed by atoms with Crippen LogP contribution in [0.15, 0.2) is 65.0 Å². The van der Waals surface area contributed by atoms with Crippen molar-refractivity contribution in [1.29, 1.82) is 0 Å². The summed E-state index contributed by atoms with van der Waals surface area (Å²) in [6, 6.07) is 13.4. The number of benzene rings is 2. The van der Waals surface area contributed by atoms with Crippen molar-refractivity contribution in [3.8, 4) is 0 Å². The van der Waals surface area contributed by atoms with Gasteiger partial charge in [-0.05, 0) is 43.2 Å². The van der Waals surface area contributed by atoms with E-state index < -0.39 is 10.0 Å². The van der Waals surface area contributed by atoms with Crippen molar-refractivity contribution in [3.05, 3.63) is 76.8 Å². The molecule has 0 amide bonds. The molecule has 0 N–H and O–H groups in total. The minimum Gasteiger partial charge on any atom is -0.292 e. The Morgan fingerprint density at radius 2 is 1.81 bits per heavy atom. The predicted molar refractivity (Wildman–Crippen MR) is 103 cm³/mol. The number of sulfonamides is 1. The number of aromatic nitrogens is 1. The zero-order valence-corrected chi connectivity index (χ0v) is 16.0. The van der Waals surface area contributed by atoms with E-state index in [9.17, 15) is 13.2 Å². The molecule has 5 nitrogen and oxygen atoms in total. The van der Waals surface area contributed by atoms with Crippen LogP contribution in [0.5, 0.6) is 0 Å². The highest BCUT2D eigenvalue weighted by Crippen LogP contribution is 2.26. The molecular weight excluding hydrogens is 368 g/mol. The molecular formula is C19H18N2O3S2. The van der Waals surface area contributed by atoms with Crippen LogP contribution in [0.1, 0.15) is 21.5 Å². The molecule has 2 aromatic carbocycles. The fourth-order valence-corrected chi connectivity index (χ4v) is 4.72. The first-order valence-electron chi connectivity index (χ1n) is 7.97. The molecule has 0 aliphatic heterocycles. The molecule has 3 aromatic rings. The second-order valence-electron chi connectivity index (χ2n) is 5.86. The lowest BCUT2D eigenvalue weighted by atomic mass is 10.0. The first-order chi connectivity index (χ1) is 12.4. The van der Waals surface area contributed by atoms with Gasteiger partial charge in [-0.25, -0.2) is 17.7 Å². The van der Waals surface area contributed by atoms with Crippen molar-refractivity contribution in [2.24, 2.45) is 0 Å². The lowest BCUT2D eigenvalue weighted by Crippen LogP contribution is -2.35. The first kappa shape index (κ1) is 18.3. The van der Waals surface area contributed by atoms with E-state index in [0.29, 0.717) is 5.56 Å². The summed E-state index contributed by atoms with van der Waals surface area (Å²) in [4.78, 5) is 17.0. The normalized spacial score (nSPS) is 11.3. The molecule has 1 aromatic heterocycles. The number of nitrogens with zero attached hydrogens (tertiary/aromatic N) is 2. The summed E-state index contributed by atoms with van der Waals surface area (Å²) >= 11 is 1.18. The third kappa shape index (κ3) is 3.68. The number of carbonyl (C=O) groups excluding carboxylic acids is 1. The number of thiazole rings is 1. The molecule has 26 heavy (non-hydrogen) atoms. The summed E-state index contributed by atoms with van der Waals surface area (Å²) in [6.07, 6.45) is 1.52. The number of rotatable bonds is 6. The molecule has 0 spiro atoms. The lowest BCUT2D eigenvalue weighted by molar-refractivity contribution is 0.100. The maximum absolute atomic E-state index is 13.1. The maximum atomic E-state index is 13.1. The average molecular weight is 386 g/mol. The Morgan fingerprint density at radius 1 is 1.08 bits per heavy atom. The highest BCUT2D eigenvalue weighted by Gasteiger charge is 2.29. The van der Waals surface area contributed by atoms with Gasteiger partial charge in [0.1, 0.15) is 6.54 Å². The van der Waals surface area contributed by atoms with Crippen LogP contribution in [0.2, 0.25) is 0 Å². The summed E-state index contributed by atoms with van der Waals surface area (Å²) in [6.45, 7) is 3.59. The summed E-state index contributed by atoms with van der Waals surface area (Å²) in [5, 5.41) is 1.95. The van der Waals surface area contributed by atoms with Gasteiger partial charge in [0.15, 0.2) is 10.9 Å². The SMILES string of the molecule is Cc1ccc(C(=O)CN(c2nccs2)S(=O)(=O)c2ccccc2)cc1C. The van der Waals surface area contributed by atoms with Crippen LogP contribution in [0.25, 0.3) is 0 Å². The monoisotopic (exact) mass is 386 g/mol. The van der Waals surface area contributed by atoms with Gasteiger partial charge in [-0.3, -0.25) is 4.79 Å². The fourth-order valence-electron chi connectivity index (χ4n) is 2.45. The van der Waals surface area contributed by atoms with Gasteiger partial charge >= 0.3 is 0 Å². The van der Waals surface area contributed by atoms with Crippen LogP contribution in [-0.4, -0.2) is 25.7 Å². The zero-order chi connectivity index (χ0) is 18.7. The van der Waals surface area contributed by atoms with Gasteiger partial charge in [-0.1, -0.05) is 30.3 Å². The van der Waals surface area contributed by atoms with Gasteiger partial charge in [0.05, 0.1) is 4.90 Å². The lowest BCUT2D eigenvalue weighted by Gasteiger charge is -2.21. The topological polar surface area (TPSA) is 67.3 Å². The quantitative estimate of drug-likeness (QED) is 0.604. The summed E-state index contributed by atoms with van der Waals surface area (Å²) in [5.41, 5.74) is 2.55. The van der Waals surface area contributed by atoms with E-state index in [0.717, 1.165) is 15.4 Å². The number of aryl methyl sites for hydroxylation is 2. The number of anilines is 1. The molecule has 0 radical (unpaired) electrons. The molecule has 0 fully saturated rings. The molecule has 0 aliphatic rings.